The molecule has 15 heavy (non-hydrogen) atoms. The van der Waals surface area contributed by atoms with Crippen LogP contribution in [0.2, 0.25) is 0 Å². The highest BCUT2D eigenvalue weighted by atomic mass is 32.2. The summed E-state index contributed by atoms with van der Waals surface area (Å²) in [5, 5.41) is 17.8. The van der Waals surface area contributed by atoms with Crippen LogP contribution in [0.15, 0.2) is 0 Å². The number of hydrogen-bond donors (Lipinski definition) is 2. The SMILES string of the molecule is O=CN(C[C@@H](O)CO)[C@H]1CCS(=O)(=O)C1. The lowest BCUT2D eigenvalue weighted by Gasteiger charge is -2.25. The average Bonchev–Trinajstić information content (AvgIpc) is 2.54. The Hall–Kier alpha value is -0.660. The number of aliphatic hydroxyl groups excluding tert-OH is 2. The van der Waals surface area contributed by atoms with Crippen molar-refractivity contribution < 1.29 is 23.4 Å². The van der Waals surface area contributed by atoms with Crippen molar-refractivity contribution >= 4 is 16.2 Å². The van der Waals surface area contributed by atoms with Crippen LogP contribution in [0.4, 0.5) is 0 Å². The van der Waals surface area contributed by atoms with Gasteiger partial charge in [-0.15, -0.1) is 0 Å². The van der Waals surface area contributed by atoms with Gasteiger partial charge in [0.05, 0.1) is 24.2 Å². The largest absolute Gasteiger partial charge is 0.394 e. The van der Waals surface area contributed by atoms with Crippen molar-refractivity contribution in [2.75, 3.05) is 24.7 Å². The van der Waals surface area contributed by atoms with Crippen LogP contribution >= 0.6 is 0 Å². The van der Waals surface area contributed by atoms with Crippen LogP contribution < -0.4 is 0 Å². The van der Waals surface area contributed by atoms with Gasteiger partial charge in [0.15, 0.2) is 9.84 Å². The Labute approximate surface area is 88.4 Å². The molecule has 0 aromatic rings. The molecule has 0 saturated carbocycles. The molecule has 0 aliphatic carbocycles. The molecule has 0 radical (unpaired) electrons. The lowest BCUT2D eigenvalue weighted by atomic mass is 10.2. The molecule has 1 rings (SSSR count). The van der Waals surface area contributed by atoms with E-state index in [9.17, 15) is 13.2 Å². The summed E-state index contributed by atoms with van der Waals surface area (Å²) in [7, 11) is -3.04. The Morgan fingerprint density at radius 2 is 2.20 bits per heavy atom. The smallest absolute Gasteiger partial charge is 0.210 e. The molecular weight excluding hydrogens is 222 g/mol. The fraction of sp³-hybridized carbons (Fsp3) is 0.875. The van der Waals surface area contributed by atoms with Crippen LogP contribution in [-0.2, 0) is 14.6 Å². The molecule has 2 atom stereocenters. The maximum atomic E-state index is 11.2. The van der Waals surface area contributed by atoms with Gasteiger partial charge in [-0.25, -0.2) is 8.42 Å². The van der Waals surface area contributed by atoms with E-state index in [1.807, 2.05) is 0 Å². The zero-order chi connectivity index (χ0) is 11.5. The van der Waals surface area contributed by atoms with Gasteiger partial charge >= 0.3 is 0 Å². The minimum Gasteiger partial charge on any atom is -0.394 e. The maximum Gasteiger partial charge on any atom is 0.210 e. The molecule has 0 spiro atoms. The maximum absolute atomic E-state index is 11.2. The van der Waals surface area contributed by atoms with Crippen molar-refractivity contribution in [2.24, 2.45) is 0 Å². The predicted molar refractivity (Wildman–Crippen MR) is 52.9 cm³/mol. The fourth-order valence-electron chi connectivity index (χ4n) is 1.62. The Morgan fingerprint density at radius 1 is 1.53 bits per heavy atom. The second-order valence-electron chi connectivity index (χ2n) is 3.70. The van der Waals surface area contributed by atoms with E-state index in [1.54, 1.807) is 0 Å². The number of carbonyl (C=O) groups is 1. The van der Waals surface area contributed by atoms with Gasteiger partial charge in [0.2, 0.25) is 6.41 Å². The van der Waals surface area contributed by atoms with Crippen molar-refractivity contribution in [1.82, 2.24) is 4.90 Å². The molecule has 1 aliphatic heterocycles. The van der Waals surface area contributed by atoms with Gasteiger partial charge in [-0.3, -0.25) is 4.79 Å². The first-order valence-electron chi connectivity index (χ1n) is 4.69. The normalized spacial score (nSPS) is 26.1. The molecule has 1 fully saturated rings. The van der Waals surface area contributed by atoms with Crippen LogP contribution in [0.3, 0.4) is 0 Å². The molecule has 88 valence electrons. The lowest BCUT2D eigenvalue weighted by molar-refractivity contribution is -0.121. The van der Waals surface area contributed by atoms with E-state index in [1.165, 1.54) is 4.90 Å². The topological polar surface area (TPSA) is 94.9 Å². The van der Waals surface area contributed by atoms with Gasteiger partial charge in [0.1, 0.15) is 0 Å². The van der Waals surface area contributed by atoms with Gasteiger partial charge in [0, 0.05) is 12.6 Å². The van der Waals surface area contributed by atoms with Gasteiger partial charge in [0.25, 0.3) is 0 Å². The second kappa shape index (κ2) is 4.91. The van der Waals surface area contributed by atoms with E-state index in [2.05, 4.69) is 0 Å². The highest BCUT2D eigenvalue weighted by molar-refractivity contribution is 7.91. The summed E-state index contributed by atoms with van der Waals surface area (Å²) in [5.41, 5.74) is 0. The summed E-state index contributed by atoms with van der Waals surface area (Å²) in [6, 6.07) is -0.367. The molecule has 6 nitrogen and oxygen atoms in total. The molecule has 1 amide bonds. The number of nitrogens with zero attached hydrogens (tertiary/aromatic N) is 1. The molecular formula is C8H15NO5S. The van der Waals surface area contributed by atoms with Crippen LogP contribution in [0.1, 0.15) is 6.42 Å². The van der Waals surface area contributed by atoms with E-state index >= 15 is 0 Å². The Kier molecular flexibility index (Phi) is 4.06. The Morgan fingerprint density at radius 3 is 2.60 bits per heavy atom. The molecule has 0 aromatic carbocycles. The summed E-state index contributed by atoms with van der Waals surface area (Å²) in [6.45, 7) is -0.468. The molecule has 2 N–H and O–H groups in total. The summed E-state index contributed by atoms with van der Waals surface area (Å²) >= 11 is 0. The summed E-state index contributed by atoms with van der Waals surface area (Å²) in [6.07, 6.45) is -0.0950. The Bertz CT molecular complexity index is 315. The monoisotopic (exact) mass is 237 g/mol. The zero-order valence-corrected chi connectivity index (χ0v) is 9.06. The third kappa shape index (κ3) is 3.44. The summed E-state index contributed by atoms with van der Waals surface area (Å²) in [5.74, 6) is 0.0289. The number of carbonyl (C=O) groups excluding carboxylic acids is 1. The molecule has 1 aliphatic rings. The van der Waals surface area contributed by atoms with E-state index in [0.717, 1.165) is 0 Å². The van der Waals surface area contributed by atoms with Gasteiger partial charge in [-0.2, -0.15) is 0 Å². The molecule has 0 aromatic heterocycles. The van der Waals surface area contributed by atoms with Crippen molar-refractivity contribution in [2.45, 2.75) is 18.6 Å². The van der Waals surface area contributed by atoms with Gasteiger partial charge in [-0.1, -0.05) is 0 Å². The number of amides is 1. The Balaban J connectivity index is 2.57. The van der Waals surface area contributed by atoms with E-state index in [4.69, 9.17) is 10.2 Å². The van der Waals surface area contributed by atoms with Crippen molar-refractivity contribution in [1.29, 1.82) is 0 Å². The molecule has 1 heterocycles. The van der Waals surface area contributed by atoms with E-state index in [-0.39, 0.29) is 24.1 Å². The number of rotatable bonds is 5. The fourth-order valence-corrected chi connectivity index (χ4v) is 3.36. The summed E-state index contributed by atoms with van der Waals surface area (Å²) < 4.78 is 22.3. The van der Waals surface area contributed by atoms with E-state index in [0.29, 0.717) is 12.8 Å². The second-order valence-corrected chi connectivity index (χ2v) is 5.92. The van der Waals surface area contributed by atoms with Crippen molar-refractivity contribution in [3.63, 3.8) is 0 Å². The molecule has 0 bridgehead atoms. The molecule has 7 heteroatoms. The summed E-state index contributed by atoms with van der Waals surface area (Å²) in [4.78, 5) is 11.9. The predicted octanol–water partition coefficient (Wildman–Crippen LogP) is -2.01. The first-order valence-corrected chi connectivity index (χ1v) is 6.51. The number of aliphatic hydroxyl groups is 2. The zero-order valence-electron chi connectivity index (χ0n) is 8.24. The standard InChI is InChI=1S/C8H15NO5S/c10-4-8(12)3-9(6-11)7-1-2-15(13,14)5-7/h6-8,10,12H,1-5H2/t7-,8+/m0/s1. The third-order valence-corrected chi connectivity index (χ3v) is 4.20. The molecule has 1 saturated heterocycles. The van der Waals surface area contributed by atoms with Crippen LogP contribution in [0, 0.1) is 0 Å². The van der Waals surface area contributed by atoms with Gasteiger partial charge in [-0.05, 0) is 6.42 Å². The highest BCUT2D eigenvalue weighted by Gasteiger charge is 2.32. The van der Waals surface area contributed by atoms with Crippen LogP contribution in [-0.4, -0.2) is 66.7 Å². The van der Waals surface area contributed by atoms with Crippen molar-refractivity contribution in [3.05, 3.63) is 0 Å². The number of hydrogen-bond acceptors (Lipinski definition) is 5. The highest BCUT2D eigenvalue weighted by Crippen LogP contribution is 2.16. The van der Waals surface area contributed by atoms with Crippen LogP contribution in [0.5, 0.6) is 0 Å². The molecule has 0 unspecified atom stereocenters. The van der Waals surface area contributed by atoms with E-state index < -0.39 is 22.5 Å². The van der Waals surface area contributed by atoms with Crippen LogP contribution in [0.25, 0.3) is 0 Å². The lowest BCUT2D eigenvalue weighted by Crippen LogP contribution is -2.41. The quantitative estimate of drug-likeness (QED) is 0.538. The third-order valence-electron chi connectivity index (χ3n) is 2.45. The van der Waals surface area contributed by atoms with Gasteiger partial charge < -0.3 is 15.1 Å². The number of sulfone groups is 1. The average molecular weight is 237 g/mol. The van der Waals surface area contributed by atoms with Crippen molar-refractivity contribution in [3.8, 4) is 0 Å². The first-order chi connectivity index (χ1) is 6.98. The minimum atomic E-state index is -3.04. The first kappa shape index (κ1) is 12.4. The minimum absolute atomic E-state index is 0.0276.